The molecular weight excluding hydrogens is 434 g/mol. The Morgan fingerprint density at radius 3 is 2.09 bits per heavy atom. The highest BCUT2D eigenvalue weighted by atomic mass is 16.6. The minimum absolute atomic E-state index is 0.0179. The molecule has 2 amide bonds. The van der Waals surface area contributed by atoms with E-state index < -0.39 is 12.2 Å². The molecule has 2 aromatic rings. The van der Waals surface area contributed by atoms with Crippen LogP contribution in [0.3, 0.4) is 0 Å². The van der Waals surface area contributed by atoms with E-state index in [2.05, 4.69) is 29.2 Å². The maximum Gasteiger partial charge on any atom is 0.407 e. The monoisotopic (exact) mass is 465 g/mol. The van der Waals surface area contributed by atoms with Crippen LogP contribution in [0.25, 0.3) is 0 Å². The Bertz CT molecular complexity index is 943. The number of amides is 2. The Morgan fingerprint density at radius 2 is 1.50 bits per heavy atom. The molecule has 3 atom stereocenters. The molecule has 2 aromatic carbocycles. The zero-order valence-electron chi connectivity index (χ0n) is 19.2. The number of nitrogens with zero attached hydrogens (tertiary/aromatic N) is 3. The zero-order valence-corrected chi connectivity index (χ0v) is 19.2. The summed E-state index contributed by atoms with van der Waals surface area (Å²) in [6.07, 6.45) is -1.49. The van der Waals surface area contributed by atoms with Crippen LogP contribution in [0.2, 0.25) is 0 Å². The van der Waals surface area contributed by atoms with Gasteiger partial charge in [0.15, 0.2) is 6.10 Å². The number of ether oxygens (including phenoxy) is 2. The summed E-state index contributed by atoms with van der Waals surface area (Å²) in [7, 11) is 0. The molecule has 2 unspecified atom stereocenters. The van der Waals surface area contributed by atoms with Gasteiger partial charge in [-0.3, -0.25) is 9.69 Å². The zero-order chi connectivity index (χ0) is 23.5. The van der Waals surface area contributed by atoms with Crippen LogP contribution in [0.4, 0.5) is 4.79 Å². The van der Waals surface area contributed by atoms with Crippen LogP contribution >= 0.6 is 0 Å². The topological polar surface area (TPSA) is 82.6 Å². The molecule has 180 valence electrons. The van der Waals surface area contributed by atoms with E-state index in [0.29, 0.717) is 45.9 Å². The lowest BCUT2D eigenvalue weighted by atomic mass is 9.82. The number of benzene rings is 2. The molecule has 0 spiro atoms. The molecule has 0 aromatic heterocycles. The number of carbonyl (C=O) groups is 2. The molecule has 0 bridgehead atoms. The first-order chi connectivity index (χ1) is 16.6. The number of carbonyl (C=O) groups excluding carboxylic acids is 1. The number of rotatable bonds is 4. The molecule has 0 radical (unpaired) electrons. The van der Waals surface area contributed by atoms with Crippen molar-refractivity contribution in [3.8, 4) is 0 Å². The van der Waals surface area contributed by atoms with E-state index in [4.69, 9.17) is 9.47 Å². The van der Waals surface area contributed by atoms with Gasteiger partial charge in [-0.1, -0.05) is 60.7 Å². The second-order valence-electron chi connectivity index (χ2n) is 9.16. The van der Waals surface area contributed by atoms with Crippen LogP contribution in [0.5, 0.6) is 0 Å². The third kappa shape index (κ3) is 4.66. The average Bonchev–Trinajstić information content (AvgIpc) is 2.89. The second kappa shape index (κ2) is 10.1. The number of fused-ring (bicyclic) bond motifs is 1. The highest BCUT2D eigenvalue weighted by Crippen LogP contribution is 2.35. The van der Waals surface area contributed by atoms with E-state index in [-0.39, 0.29) is 30.5 Å². The summed E-state index contributed by atoms with van der Waals surface area (Å²) in [5, 5.41) is 9.94. The molecule has 34 heavy (non-hydrogen) atoms. The van der Waals surface area contributed by atoms with Gasteiger partial charge in [0.25, 0.3) is 5.91 Å². The molecule has 3 saturated heterocycles. The van der Waals surface area contributed by atoms with Gasteiger partial charge in [-0.05, 0) is 11.1 Å². The Kier molecular flexibility index (Phi) is 6.80. The van der Waals surface area contributed by atoms with Crippen LogP contribution in [0.15, 0.2) is 60.7 Å². The summed E-state index contributed by atoms with van der Waals surface area (Å²) in [5.74, 6) is -0.0459. The van der Waals surface area contributed by atoms with Crippen molar-refractivity contribution in [3.63, 3.8) is 0 Å². The van der Waals surface area contributed by atoms with Crippen molar-refractivity contribution in [2.45, 2.75) is 24.1 Å². The quantitative estimate of drug-likeness (QED) is 0.745. The predicted molar refractivity (Wildman–Crippen MR) is 126 cm³/mol. The van der Waals surface area contributed by atoms with E-state index in [1.54, 1.807) is 0 Å². The van der Waals surface area contributed by atoms with E-state index in [9.17, 15) is 14.7 Å². The minimum Gasteiger partial charge on any atom is -0.465 e. The van der Waals surface area contributed by atoms with Crippen molar-refractivity contribution >= 4 is 12.0 Å². The Hall–Kier alpha value is -2.94. The summed E-state index contributed by atoms with van der Waals surface area (Å²) >= 11 is 0. The fraction of sp³-hybridized carbons (Fsp3) is 0.462. The summed E-state index contributed by atoms with van der Waals surface area (Å²) in [6.45, 7) is 3.78. The smallest absolute Gasteiger partial charge is 0.407 e. The fourth-order valence-corrected chi connectivity index (χ4v) is 5.57. The molecule has 3 heterocycles. The van der Waals surface area contributed by atoms with Crippen molar-refractivity contribution in [1.82, 2.24) is 14.7 Å². The van der Waals surface area contributed by atoms with Crippen molar-refractivity contribution in [2.75, 3.05) is 52.5 Å². The van der Waals surface area contributed by atoms with Crippen LogP contribution in [0.1, 0.15) is 17.0 Å². The van der Waals surface area contributed by atoms with Crippen LogP contribution in [-0.2, 0) is 14.3 Å². The van der Waals surface area contributed by atoms with E-state index >= 15 is 0 Å². The third-order valence-electron chi connectivity index (χ3n) is 7.17. The SMILES string of the molecule is O=C(O)N1CC(C(c2ccccc2)c2ccccc2)N2CCN(C(=O)C3COCCO3)C[C@H]2C1. The van der Waals surface area contributed by atoms with Gasteiger partial charge in [-0.2, -0.15) is 0 Å². The van der Waals surface area contributed by atoms with Gasteiger partial charge in [0.05, 0.1) is 19.8 Å². The van der Waals surface area contributed by atoms with E-state index in [1.807, 2.05) is 41.3 Å². The lowest BCUT2D eigenvalue weighted by Crippen LogP contribution is -2.68. The van der Waals surface area contributed by atoms with Gasteiger partial charge in [0, 0.05) is 50.7 Å². The first-order valence-electron chi connectivity index (χ1n) is 11.9. The lowest BCUT2D eigenvalue weighted by Gasteiger charge is -2.53. The molecular formula is C26H31N3O5. The van der Waals surface area contributed by atoms with Crippen molar-refractivity contribution in [1.29, 1.82) is 0 Å². The van der Waals surface area contributed by atoms with E-state index in [0.717, 1.165) is 11.1 Å². The maximum atomic E-state index is 13.1. The highest BCUT2D eigenvalue weighted by Gasteiger charge is 2.45. The fourth-order valence-electron chi connectivity index (χ4n) is 5.57. The lowest BCUT2D eigenvalue weighted by molar-refractivity contribution is -0.162. The van der Waals surface area contributed by atoms with Crippen LogP contribution < -0.4 is 0 Å². The minimum atomic E-state index is -0.919. The Balaban J connectivity index is 1.44. The molecule has 3 aliphatic rings. The van der Waals surface area contributed by atoms with Crippen molar-refractivity contribution in [3.05, 3.63) is 71.8 Å². The summed E-state index contributed by atoms with van der Waals surface area (Å²) < 4.78 is 11.1. The normalized spacial score (nSPS) is 25.7. The third-order valence-corrected chi connectivity index (χ3v) is 7.17. The molecule has 0 saturated carbocycles. The Labute approximate surface area is 199 Å². The van der Waals surface area contributed by atoms with Crippen LogP contribution in [-0.4, -0.2) is 103 Å². The molecule has 3 aliphatic heterocycles. The predicted octanol–water partition coefficient (Wildman–Crippen LogP) is 2.11. The van der Waals surface area contributed by atoms with Gasteiger partial charge in [0.2, 0.25) is 0 Å². The second-order valence-corrected chi connectivity index (χ2v) is 9.16. The number of carboxylic acid groups (broad SMARTS) is 1. The summed E-state index contributed by atoms with van der Waals surface area (Å²) in [5.41, 5.74) is 2.33. The van der Waals surface area contributed by atoms with Gasteiger partial charge in [-0.25, -0.2) is 4.79 Å². The number of piperazine rings is 2. The first kappa shape index (κ1) is 22.8. The Morgan fingerprint density at radius 1 is 0.853 bits per heavy atom. The molecule has 5 rings (SSSR count). The van der Waals surface area contributed by atoms with Gasteiger partial charge in [-0.15, -0.1) is 0 Å². The van der Waals surface area contributed by atoms with E-state index in [1.165, 1.54) is 4.90 Å². The van der Waals surface area contributed by atoms with Gasteiger partial charge in [0.1, 0.15) is 0 Å². The van der Waals surface area contributed by atoms with Crippen molar-refractivity contribution in [2.24, 2.45) is 0 Å². The summed E-state index contributed by atoms with van der Waals surface area (Å²) in [6, 6.07) is 20.5. The molecule has 3 fully saturated rings. The average molecular weight is 466 g/mol. The highest BCUT2D eigenvalue weighted by molar-refractivity contribution is 5.81. The molecule has 1 N–H and O–H groups in total. The molecule has 8 nitrogen and oxygen atoms in total. The summed E-state index contributed by atoms with van der Waals surface area (Å²) in [4.78, 5) is 31.0. The maximum absolute atomic E-state index is 13.1. The molecule has 0 aliphatic carbocycles. The largest absolute Gasteiger partial charge is 0.465 e. The number of hydrogen-bond donors (Lipinski definition) is 1. The van der Waals surface area contributed by atoms with Gasteiger partial charge < -0.3 is 24.4 Å². The van der Waals surface area contributed by atoms with Gasteiger partial charge >= 0.3 is 6.09 Å². The standard InChI is InChI=1S/C26H31N3O5/c30-25(23-18-33-13-14-34-23)27-11-12-29-21(15-27)16-28(26(31)32)17-22(29)24(19-7-3-1-4-8-19)20-9-5-2-6-10-20/h1-10,21-24H,11-18H2,(H,31,32)/t21-,22?,23?/m0/s1. The van der Waals surface area contributed by atoms with Crippen LogP contribution in [0, 0.1) is 0 Å². The molecule has 8 heteroatoms. The number of hydrogen-bond acceptors (Lipinski definition) is 5. The van der Waals surface area contributed by atoms with Crippen molar-refractivity contribution < 1.29 is 24.2 Å². The first-order valence-corrected chi connectivity index (χ1v) is 11.9.